The fourth-order valence-electron chi connectivity index (χ4n) is 5.54. The number of rotatable bonds is 4. The molecule has 0 saturated carbocycles. The van der Waals surface area contributed by atoms with Crippen molar-refractivity contribution in [2.75, 3.05) is 57.4 Å². The summed E-state index contributed by atoms with van der Waals surface area (Å²) in [5, 5.41) is 0. The Bertz CT molecular complexity index is 922. The van der Waals surface area contributed by atoms with Gasteiger partial charge < -0.3 is 14.5 Å². The first-order chi connectivity index (χ1) is 15.6. The van der Waals surface area contributed by atoms with E-state index in [1.807, 2.05) is 23.1 Å². The van der Waals surface area contributed by atoms with Gasteiger partial charge in [0.1, 0.15) is 5.82 Å². The van der Waals surface area contributed by atoms with Crippen LogP contribution in [0.25, 0.3) is 0 Å². The third-order valence-corrected chi connectivity index (χ3v) is 7.15. The summed E-state index contributed by atoms with van der Waals surface area (Å²) in [5.74, 6) is 0.923. The van der Waals surface area contributed by atoms with Gasteiger partial charge in [0.2, 0.25) is 11.9 Å². The number of morpholine rings is 1. The van der Waals surface area contributed by atoms with Crippen molar-refractivity contribution in [3.8, 4) is 0 Å². The van der Waals surface area contributed by atoms with Crippen LogP contribution in [-0.4, -0.2) is 78.2 Å². The van der Waals surface area contributed by atoms with Crippen LogP contribution in [-0.2, 0) is 16.1 Å². The smallest absolute Gasteiger partial charge is 0.231 e. The summed E-state index contributed by atoms with van der Waals surface area (Å²) in [6.07, 6.45) is 5.33. The Kier molecular flexibility index (Phi) is 6.06. The average Bonchev–Trinajstić information content (AvgIpc) is 3.11. The van der Waals surface area contributed by atoms with Crippen molar-refractivity contribution in [3.63, 3.8) is 0 Å². The Morgan fingerprint density at radius 1 is 1.09 bits per heavy atom. The van der Waals surface area contributed by atoms with Crippen LogP contribution < -0.4 is 4.90 Å². The predicted molar refractivity (Wildman–Crippen MR) is 118 cm³/mol. The molecule has 5 rings (SSSR count). The number of nitrogens with zero attached hydrogens (tertiary/aromatic N) is 5. The van der Waals surface area contributed by atoms with Gasteiger partial charge in [0.25, 0.3) is 0 Å². The summed E-state index contributed by atoms with van der Waals surface area (Å²) in [5.41, 5.74) is 0.660. The summed E-state index contributed by atoms with van der Waals surface area (Å²) >= 11 is 0. The SMILES string of the molecule is O=C(N1CCOCC1)[C@]12CCCN(Cc3ccc(F)cc3)C[C@H]1CN(c1ncccn1)C2. The number of hydrogen-bond acceptors (Lipinski definition) is 6. The van der Waals surface area contributed by atoms with E-state index in [4.69, 9.17) is 4.74 Å². The van der Waals surface area contributed by atoms with Crippen molar-refractivity contribution in [1.82, 2.24) is 19.8 Å². The lowest BCUT2D eigenvalue weighted by Crippen LogP contribution is -2.52. The molecule has 0 unspecified atom stereocenters. The lowest BCUT2D eigenvalue weighted by Gasteiger charge is -2.38. The molecule has 3 aliphatic heterocycles. The van der Waals surface area contributed by atoms with Gasteiger partial charge in [-0.1, -0.05) is 12.1 Å². The minimum Gasteiger partial charge on any atom is -0.378 e. The van der Waals surface area contributed by atoms with Crippen molar-refractivity contribution in [3.05, 3.63) is 54.1 Å². The van der Waals surface area contributed by atoms with Crippen molar-refractivity contribution < 1.29 is 13.9 Å². The number of ether oxygens (including phenoxy) is 1. The molecule has 0 N–H and O–H groups in total. The van der Waals surface area contributed by atoms with Crippen LogP contribution in [0.2, 0.25) is 0 Å². The van der Waals surface area contributed by atoms with Crippen LogP contribution in [0, 0.1) is 17.2 Å². The van der Waals surface area contributed by atoms with Crippen LogP contribution in [0.1, 0.15) is 18.4 Å². The molecule has 170 valence electrons. The highest BCUT2D eigenvalue weighted by atomic mass is 19.1. The third-order valence-electron chi connectivity index (χ3n) is 7.15. The number of carbonyl (C=O) groups excluding carboxylic acids is 1. The predicted octanol–water partition coefficient (Wildman–Crippen LogP) is 2.19. The molecule has 3 aliphatic rings. The van der Waals surface area contributed by atoms with Crippen molar-refractivity contribution in [2.45, 2.75) is 19.4 Å². The first kappa shape index (κ1) is 21.3. The maximum atomic E-state index is 13.9. The molecule has 7 nitrogen and oxygen atoms in total. The summed E-state index contributed by atoms with van der Waals surface area (Å²) in [7, 11) is 0. The topological polar surface area (TPSA) is 61.8 Å². The first-order valence-corrected chi connectivity index (χ1v) is 11.5. The molecule has 0 bridgehead atoms. The molecule has 3 fully saturated rings. The van der Waals surface area contributed by atoms with Gasteiger partial charge in [-0.25, -0.2) is 14.4 Å². The zero-order valence-electron chi connectivity index (χ0n) is 18.3. The van der Waals surface area contributed by atoms with E-state index in [1.54, 1.807) is 12.4 Å². The third kappa shape index (κ3) is 4.21. The molecule has 2 aromatic rings. The van der Waals surface area contributed by atoms with E-state index < -0.39 is 5.41 Å². The quantitative estimate of drug-likeness (QED) is 0.728. The Balaban J connectivity index is 1.40. The van der Waals surface area contributed by atoms with E-state index in [2.05, 4.69) is 19.8 Å². The van der Waals surface area contributed by atoms with Crippen molar-refractivity contribution >= 4 is 11.9 Å². The van der Waals surface area contributed by atoms with Gasteiger partial charge in [-0.3, -0.25) is 9.69 Å². The fourth-order valence-corrected chi connectivity index (χ4v) is 5.54. The standard InChI is InChI=1S/C24H30FN5O2/c25-21-5-3-19(4-6-21)15-28-10-1-7-24(22(31)29-11-13-32-14-12-29)18-30(17-20(24)16-28)23-26-8-2-9-27-23/h2-6,8-9,20H,1,7,10-18H2/t20-,24-/m0/s1. The average molecular weight is 440 g/mol. The van der Waals surface area contributed by atoms with E-state index >= 15 is 0 Å². The second kappa shape index (κ2) is 9.11. The van der Waals surface area contributed by atoms with Crippen molar-refractivity contribution in [2.24, 2.45) is 11.3 Å². The molecule has 8 heteroatoms. The molecule has 2 atom stereocenters. The molecule has 1 aromatic carbocycles. The lowest BCUT2D eigenvalue weighted by molar-refractivity contribution is -0.148. The Morgan fingerprint density at radius 3 is 2.59 bits per heavy atom. The molecule has 0 spiro atoms. The number of benzene rings is 1. The van der Waals surface area contributed by atoms with E-state index in [0.29, 0.717) is 38.8 Å². The second-order valence-electron chi connectivity index (χ2n) is 9.15. The van der Waals surface area contributed by atoms with Crippen LogP contribution >= 0.6 is 0 Å². The number of aromatic nitrogens is 2. The van der Waals surface area contributed by atoms with E-state index in [9.17, 15) is 9.18 Å². The summed E-state index contributed by atoms with van der Waals surface area (Å²) in [6.45, 7) is 6.49. The summed E-state index contributed by atoms with van der Waals surface area (Å²) in [6, 6.07) is 8.56. The van der Waals surface area contributed by atoms with Gasteiger partial charge in [0, 0.05) is 57.6 Å². The van der Waals surface area contributed by atoms with E-state index in [-0.39, 0.29) is 17.6 Å². The highest BCUT2D eigenvalue weighted by Gasteiger charge is 2.54. The highest BCUT2D eigenvalue weighted by Crippen LogP contribution is 2.45. The molecule has 0 aliphatic carbocycles. The highest BCUT2D eigenvalue weighted by molar-refractivity contribution is 5.85. The monoisotopic (exact) mass is 439 g/mol. The number of amides is 1. The van der Waals surface area contributed by atoms with Gasteiger partial charge in [-0.15, -0.1) is 0 Å². The fraction of sp³-hybridized carbons (Fsp3) is 0.542. The molecule has 32 heavy (non-hydrogen) atoms. The van der Waals surface area contributed by atoms with Crippen LogP contribution in [0.4, 0.5) is 10.3 Å². The largest absolute Gasteiger partial charge is 0.378 e. The zero-order chi connectivity index (χ0) is 22.0. The van der Waals surface area contributed by atoms with Gasteiger partial charge in [0.15, 0.2) is 0 Å². The Hall–Kier alpha value is -2.58. The minimum atomic E-state index is -0.436. The van der Waals surface area contributed by atoms with Crippen LogP contribution in [0.5, 0.6) is 0 Å². The molecule has 0 radical (unpaired) electrons. The molecular formula is C24H30FN5O2. The molecular weight excluding hydrogens is 409 g/mol. The van der Waals surface area contributed by atoms with E-state index in [1.165, 1.54) is 12.1 Å². The normalized spacial score (nSPS) is 26.6. The number of likely N-dealkylation sites (tertiary alicyclic amines) is 1. The van der Waals surface area contributed by atoms with Crippen molar-refractivity contribution in [1.29, 1.82) is 0 Å². The first-order valence-electron chi connectivity index (χ1n) is 11.5. The molecule has 3 saturated heterocycles. The Morgan fingerprint density at radius 2 is 1.84 bits per heavy atom. The van der Waals surface area contributed by atoms with E-state index in [0.717, 1.165) is 44.6 Å². The molecule has 4 heterocycles. The number of halogens is 1. The molecule has 1 aromatic heterocycles. The van der Waals surface area contributed by atoms with Gasteiger partial charge >= 0.3 is 0 Å². The van der Waals surface area contributed by atoms with Gasteiger partial charge in [0.05, 0.1) is 18.6 Å². The number of hydrogen-bond donors (Lipinski definition) is 0. The maximum absolute atomic E-state index is 13.9. The van der Waals surface area contributed by atoms with Crippen LogP contribution in [0.15, 0.2) is 42.7 Å². The summed E-state index contributed by atoms with van der Waals surface area (Å²) in [4.78, 5) is 29.5. The van der Waals surface area contributed by atoms with Gasteiger partial charge in [-0.2, -0.15) is 0 Å². The zero-order valence-corrected chi connectivity index (χ0v) is 18.3. The lowest BCUT2D eigenvalue weighted by atomic mass is 9.73. The number of carbonyl (C=O) groups is 1. The second-order valence-corrected chi connectivity index (χ2v) is 9.15. The maximum Gasteiger partial charge on any atom is 0.231 e. The number of anilines is 1. The van der Waals surface area contributed by atoms with Gasteiger partial charge in [-0.05, 0) is 43.1 Å². The minimum absolute atomic E-state index is 0.185. The number of fused-ring (bicyclic) bond motifs is 1. The van der Waals surface area contributed by atoms with Crippen LogP contribution in [0.3, 0.4) is 0 Å². The Labute approximate surface area is 188 Å². The molecule has 1 amide bonds. The summed E-state index contributed by atoms with van der Waals surface area (Å²) < 4.78 is 18.8.